The maximum absolute atomic E-state index is 5.51. The molecule has 0 unspecified atom stereocenters. The Kier molecular flexibility index (Phi) is 1.72. The molecule has 0 saturated heterocycles. The standard InChI is InChI=1S/C6H11N3/c1-2-3-5-4-8-9-6(5)7/h4H,2-3H2,1H3,(H3,7,8,9). The Hall–Kier alpha value is -0.990. The lowest BCUT2D eigenvalue weighted by atomic mass is 10.2. The van der Waals surface area contributed by atoms with Gasteiger partial charge in [-0.25, -0.2) is 0 Å². The van der Waals surface area contributed by atoms with E-state index in [4.69, 9.17) is 5.73 Å². The number of aromatic nitrogens is 2. The van der Waals surface area contributed by atoms with Gasteiger partial charge in [0.15, 0.2) is 0 Å². The van der Waals surface area contributed by atoms with Crippen molar-refractivity contribution in [3.05, 3.63) is 11.8 Å². The number of H-pyrrole nitrogens is 1. The van der Waals surface area contributed by atoms with Gasteiger partial charge in [-0.15, -0.1) is 0 Å². The number of nitrogens with zero attached hydrogens (tertiary/aromatic N) is 1. The lowest BCUT2D eigenvalue weighted by Gasteiger charge is -1.91. The second-order valence-corrected chi connectivity index (χ2v) is 2.06. The maximum atomic E-state index is 5.51. The van der Waals surface area contributed by atoms with Gasteiger partial charge in [-0.3, -0.25) is 5.10 Å². The first-order valence-electron chi connectivity index (χ1n) is 3.12. The number of aromatic amines is 1. The highest BCUT2D eigenvalue weighted by Crippen LogP contribution is 2.07. The van der Waals surface area contributed by atoms with Gasteiger partial charge in [0, 0.05) is 5.56 Å². The fourth-order valence-electron chi connectivity index (χ4n) is 0.790. The molecule has 0 aromatic carbocycles. The highest BCUT2D eigenvalue weighted by molar-refractivity contribution is 5.36. The van der Waals surface area contributed by atoms with E-state index in [2.05, 4.69) is 17.1 Å². The molecule has 0 aliphatic carbocycles. The van der Waals surface area contributed by atoms with Gasteiger partial charge in [0.1, 0.15) is 5.82 Å². The van der Waals surface area contributed by atoms with E-state index >= 15 is 0 Å². The average molecular weight is 125 g/mol. The summed E-state index contributed by atoms with van der Waals surface area (Å²) in [5.41, 5.74) is 6.63. The number of hydrogen-bond acceptors (Lipinski definition) is 2. The fourth-order valence-corrected chi connectivity index (χ4v) is 0.790. The number of nitrogen functional groups attached to an aromatic ring is 1. The van der Waals surface area contributed by atoms with Gasteiger partial charge in [-0.1, -0.05) is 13.3 Å². The van der Waals surface area contributed by atoms with Crippen LogP contribution in [0.2, 0.25) is 0 Å². The van der Waals surface area contributed by atoms with Crippen molar-refractivity contribution < 1.29 is 0 Å². The first kappa shape index (κ1) is 6.13. The largest absolute Gasteiger partial charge is 0.384 e. The zero-order chi connectivity index (χ0) is 6.69. The molecule has 0 amide bonds. The van der Waals surface area contributed by atoms with Crippen molar-refractivity contribution in [1.82, 2.24) is 10.2 Å². The van der Waals surface area contributed by atoms with E-state index in [1.807, 2.05) is 0 Å². The minimum absolute atomic E-state index is 0.705. The van der Waals surface area contributed by atoms with Crippen LogP contribution in [-0.2, 0) is 6.42 Å². The van der Waals surface area contributed by atoms with Crippen LogP contribution in [0.1, 0.15) is 18.9 Å². The molecule has 0 aliphatic rings. The summed E-state index contributed by atoms with van der Waals surface area (Å²) in [6.45, 7) is 2.12. The molecule has 1 aromatic rings. The van der Waals surface area contributed by atoms with Crippen LogP contribution >= 0.6 is 0 Å². The Morgan fingerprint density at radius 2 is 2.56 bits per heavy atom. The number of aryl methyl sites for hydroxylation is 1. The van der Waals surface area contributed by atoms with Crippen LogP contribution in [0, 0.1) is 0 Å². The maximum Gasteiger partial charge on any atom is 0.121 e. The normalized spacial score (nSPS) is 9.89. The van der Waals surface area contributed by atoms with E-state index in [0.717, 1.165) is 18.4 Å². The molecule has 0 fully saturated rings. The lowest BCUT2D eigenvalue weighted by molar-refractivity contribution is 0.925. The molecule has 3 nitrogen and oxygen atoms in total. The Labute approximate surface area is 54.3 Å². The number of anilines is 1. The highest BCUT2D eigenvalue weighted by atomic mass is 15.1. The second-order valence-electron chi connectivity index (χ2n) is 2.06. The fraction of sp³-hybridized carbons (Fsp3) is 0.500. The average Bonchev–Trinajstić information content (AvgIpc) is 2.18. The molecule has 0 bridgehead atoms. The van der Waals surface area contributed by atoms with Crippen molar-refractivity contribution in [2.45, 2.75) is 19.8 Å². The Bertz CT molecular complexity index is 180. The molecule has 3 N–H and O–H groups in total. The quantitative estimate of drug-likeness (QED) is 0.618. The molecule has 0 saturated carbocycles. The van der Waals surface area contributed by atoms with E-state index < -0.39 is 0 Å². The molecule has 9 heavy (non-hydrogen) atoms. The Morgan fingerprint density at radius 1 is 1.78 bits per heavy atom. The summed E-state index contributed by atoms with van der Waals surface area (Å²) in [7, 11) is 0. The summed E-state index contributed by atoms with van der Waals surface area (Å²) in [5.74, 6) is 0.705. The number of rotatable bonds is 2. The summed E-state index contributed by atoms with van der Waals surface area (Å²) >= 11 is 0. The third-order valence-corrected chi connectivity index (χ3v) is 1.27. The van der Waals surface area contributed by atoms with Gasteiger partial charge in [0.05, 0.1) is 6.20 Å². The first-order valence-corrected chi connectivity index (χ1v) is 3.12. The summed E-state index contributed by atoms with van der Waals surface area (Å²) in [5, 5.41) is 6.47. The SMILES string of the molecule is CCCc1cn[nH]c1N. The van der Waals surface area contributed by atoms with Gasteiger partial charge in [-0.2, -0.15) is 5.10 Å². The molecule has 0 atom stereocenters. The van der Waals surface area contributed by atoms with Gasteiger partial charge in [0.25, 0.3) is 0 Å². The predicted octanol–water partition coefficient (Wildman–Crippen LogP) is 0.944. The summed E-state index contributed by atoms with van der Waals surface area (Å²) < 4.78 is 0. The topological polar surface area (TPSA) is 54.7 Å². The van der Waals surface area contributed by atoms with Crippen molar-refractivity contribution in [1.29, 1.82) is 0 Å². The molecule has 0 aliphatic heterocycles. The van der Waals surface area contributed by atoms with Crippen LogP contribution in [0.15, 0.2) is 6.20 Å². The molecule has 1 aromatic heterocycles. The third-order valence-electron chi connectivity index (χ3n) is 1.27. The van der Waals surface area contributed by atoms with Crippen molar-refractivity contribution in [3.8, 4) is 0 Å². The molecule has 1 rings (SSSR count). The molecule has 0 radical (unpaired) electrons. The monoisotopic (exact) mass is 125 g/mol. The van der Waals surface area contributed by atoms with Crippen molar-refractivity contribution in [3.63, 3.8) is 0 Å². The van der Waals surface area contributed by atoms with E-state index in [9.17, 15) is 0 Å². The Morgan fingerprint density at radius 3 is 3.00 bits per heavy atom. The van der Waals surface area contributed by atoms with Gasteiger partial charge < -0.3 is 5.73 Å². The van der Waals surface area contributed by atoms with Crippen molar-refractivity contribution in [2.24, 2.45) is 0 Å². The van der Waals surface area contributed by atoms with Crippen LogP contribution in [0.25, 0.3) is 0 Å². The number of hydrogen-bond donors (Lipinski definition) is 2. The number of nitrogens with two attached hydrogens (primary N) is 1. The van der Waals surface area contributed by atoms with Crippen LogP contribution < -0.4 is 5.73 Å². The van der Waals surface area contributed by atoms with Gasteiger partial charge >= 0.3 is 0 Å². The molecule has 50 valence electrons. The number of nitrogens with one attached hydrogen (secondary N) is 1. The minimum atomic E-state index is 0.705. The highest BCUT2D eigenvalue weighted by Gasteiger charge is 1.96. The van der Waals surface area contributed by atoms with Crippen LogP contribution in [-0.4, -0.2) is 10.2 Å². The Balaban J connectivity index is 2.69. The summed E-state index contributed by atoms with van der Waals surface area (Å²) in [6, 6.07) is 0. The lowest BCUT2D eigenvalue weighted by Crippen LogP contribution is -1.90. The third kappa shape index (κ3) is 1.22. The van der Waals surface area contributed by atoms with Crippen LogP contribution in [0.4, 0.5) is 5.82 Å². The minimum Gasteiger partial charge on any atom is -0.384 e. The molecule has 1 heterocycles. The van der Waals surface area contributed by atoms with E-state index in [1.54, 1.807) is 6.20 Å². The predicted molar refractivity (Wildman–Crippen MR) is 37.0 cm³/mol. The smallest absolute Gasteiger partial charge is 0.121 e. The molecule has 3 heteroatoms. The summed E-state index contributed by atoms with van der Waals surface area (Å²) in [6.07, 6.45) is 3.91. The molecule has 0 spiro atoms. The zero-order valence-corrected chi connectivity index (χ0v) is 5.52. The van der Waals surface area contributed by atoms with Crippen molar-refractivity contribution >= 4 is 5.82 Å². The van der Waals surface area contributed by atoms with Crippen LogP contribution in [0.5, 0.6) is 0 Å². The second kappa shape index (κ2) is 2.53. The van der Waals surface area contributed by atoms with Gasteiger partial charge in [-0.05, 0) is 6.42 Å². The van der Waals surface area contributed by atoms with E-state index in [0.29, 0.717) is 5.82 Å². The van der Waals surface area contributed by atoms with E-state index in [-0.39, 0.29) is 0 Å². The summed E-state index contributed by atoms with van der Waals surface area (Å²) in [4.78, 5) is 0. The zero-order valence-electron chi connectivity index (χ0n) is 5.52. The van der Waals surface area contributed by atoms with Crippen LogP contribution in [0.3, 0.4) is 0 Å². The first-order chi connectivity index (χ1) is 4.34. The molecular weight excluding hydrogens is 114 g/mol. The van der Waals surface area contributed by atoms with E-state index in [1.165, 1.54) is 0 Å². The van der Waals surface area contributed by atoms with Gasteiger partial charge in [0.2, 0.25) is 0 Å². The van der Waals surface area contributed by atoms with Crippen molar-refractivity contribution in [2.75, 3.05) is 5.73 Å². The molecular formula is C6H11N3.